The number of hydrogen-bond acceptors (Lipinski definition) is 5. The van der Waals surface area contributed by atoms with Gasteiger partial charge in [0, 0.05) is 18.2 Å². The molecular weight excluding hydrogens is 362 g/mol. The number of alkyl halides is 2. The highest BCUT2D eigenvalue weighted by atomic mass is 19.3. The Morgan fingerprint density at radius 3 is 2.74 bits per heavy atom. The number of aromatic nitrogens is 2. The molecule has 1 aliphatic carbocycles. The zero-order valence-electron chi connectivity index (χ0n) is 15.0. The van der Waals surface area contributed by atoms with Gasteiger partial charge in [-0.05, 0) is 19.8 Å². The van der Waals surface area contributed by atoms with Crippen LogP contribution in [0.5, 0.6) is 0 Å². The van der Waals surface area contributed by atoms with Crippen LogP contribution >= 0.6 is 0 Å². The van der Waals surface area contributed by atoms with Crippen LogP contribution in [0.25, 0.3) is 0 Å². The van der Waals surface area contributed by atoms with E-state index in [1.165, 1.54) is 0 Å². The van der Waals surface area contributed by atoms with Crippen LogP contribution in [-0.2, 0) is 22.5 Å². The summed E-state index contributed by atoms with van der Waals surface area (Å²) >= 11 is 0. The fourth-order valence-electron chi connectivity index (χ4n) is 2.69. The van der Waals surface area contributed by atoms with E-state index in [9.17, 15) is 18.4 Å². The lowest BCUT2D eigenvalue weighted by Gasteiger charge is -2.33. The Labute approximate surface area is 154 Å². The lowest BCUT2D eigenvalue weighted by atomic mass is 9.79. The Kier molecular flexibility index (Phi) is 6.83. The van der Waals surface area contributed by atoms with Crippen molar-refractivity contribution in [1.29, 1.82) is 5.41 Å². The van der Waals surface area contributed by atoms with Gasteiger partial charge in [-0.3, -0.25) is 19.8 Å². The molecule has 0 saturated heterocycles. The van der Waals surface area contributed by atoms with E-state index < -0.39 is 29.7 Å². The predicted molar refractivity (Wildman–Crippen MR) is 93.3 cm³/mol. The van der Waals surface area contributed by atoms with Gasteiger partial charge >= 0.3 is 0 Å². The van der Waals surface area contributed by atoms with E-state index >= 15 is 0 Å². The van der Waals surface area contributed by atoms with Crippen LogP contribution in [0.4, 0.5) is 8.78 Å². The number of guanidine groups is 1. The predicted octanol–water partition coefficient (Wildman–Crippen LogP) is 0.130. The standard InChI is InChI=1S/C16H24F2N6O3/c1-9-11(7-13(25)21-5-6-27-24-15(19)20)23-12(14(26)22-9)8-16(17,18)10-3-2-4-10/h10H,2-8H2,1H3,(H,21,25)(H,22,26)(H4,19,20,24). The summed E-state index contributed by atoms with van der Waals surface area (Å²) in [5, 5.41) is 9.45. The average molecular weight is 386 g/mol. The van der Waals surface area contributed by atoms with Crippen molar-refractivity contribution in [2.45, 2.75) is 45.0 Å². The zero-order chi connectivity index (χ0) is 20.0. The van der Waals surface area contributed by atoms with Gasteiger partial charge in [-0.1, -0.05) is 6.42 Å². The van der Waals surface area contributed by atoms with E-state index in [0.717, 1.165) is 6.42 Å². The Bertz CT molecular complexity index is 748. The zero-order valence-corrected chi connectivity index (χ0v) is 15.0. The summed E-state index contributed by atoms with van der Waals surface area (Å²) in [6.45, 7) is 1.78. The smallest absolute Gasteiger partial charge is 0.270 e. The summed E-state index contributed by atoms with van der Waals surface area (Å²) in [7, 11) is 0. The number of nitrogens with zero attached hydrogens (tertiary/aromatic N) is 1. The van der Waals surface area contributed by atoms with Crippen LogP contribution in [0.1, 0.15) is 36.3 Å². The largest absolute Gasteiger partial charge is 0.368 e. The Morgan fingerprint density at radius 1 is 1.44 bits per heavy atom. The fourth-order valence-corrected chi connectivity index (χ4v) is 2.69. The third-order valence-corrected chi connectivity index (χ3v) is 4.41. The highest BCUT2D eigenvalue weighted by Crippen LogP contribution is 2.41. The van der Waals surface area contributed by atoms with Crippen molar-refractivity contribution in [2.75, 3.05) is 13.2 Å². The molecule has 9 nitrogen and oxygen atoms in total. The number of carbonyl (C=O) groups excluding carboxylic acids is 1. The van der Waals surface area contributed by atoms with Crippen molar-refractivity contribution in [3.63, 3.8) is 0 Å². The van der Waals surface area contributed by atoms with Gasteiger partial charge < -0.3 is 16.0 Å². The van der Waals surface area contributed by atoms with Crippen LogP contribution in [0.2, 0.25) is 0 Å². The molecule has 0 aliphatic heterocycles. The lowest BCUT2D eigenvalue weighted by molar-refractivity contribution is -0.120. The number of rotatable bonds is 9. The number of nitrogens with one attached hydrogen (secondary N) is 4. The van der Waals surface area contributed by atoms with Gasteiger partial charge in [-0.2, -0.15) is 0 Å². The van der Waals surface area contributed by atoms with Crippen molar-refractivity contribution >= 4 is 11.9 Å². The first kappa shape index (κ1) is 20.7. The summed E-state index contributed by atoms with van der Waals surface area (Å²) in [5.41, 5.74) is 6.84. The molecule has 0 atom stereocenters. The van der Waals surface area contributed by atoms with Gasteiger partial charge in [0.25, 0.3) is 11.5 Å². The van der Waals surface area contributed by atoms with Gasteiger partial charge in [0.2, 0.25) is 11.9 Å². The number of halogens is 2. The molecule has 1 aromatic rings. The number of hydroxylamine groups is 1. The quantitative estimate of drug-likeness (QED) is 0.176. The molecule has 1 heterocycles. The Balaban J connectivity index is 1.95. The molecule has 150 valence electrons. The molecule has 0 spiro atoms. The second-order valence-corrected chi connectivity index (χ2v) is 6.54. The van der Waals surface area contributed by atoms with E-state index in [0.29, 0.717) is 18.5 Å². The van der Waals surface area contributed by atoms with E-state index in [1.807, 2.05) is 0 Å². The number of aryl methyl sites for hydroxylation is 1. The number of amides is 1. The molecule has 0 unspecified atom stereocenters. The minimum atomic E-state index is -2.98. The molecule has 0 radical (unpaired) electrons. The third kappa shape index (κ3) is 5.98. The van der Waals surface area contributed by atoms with Crippen molar-refractivity contribution in [1.82, 2.24) is 20.8 Å². The van der Waals surface area contributed by atoms with Gasteiger partial charge in [-0.25, -0.2) is 19.2 Å². The molecular formula is C16H24F2N6O3. The van der Waals surface area contributed by atoms with Gasteiger partial charge in [0.05, 0.1) is 25.1 Å². The highest BCUT2D eigenvalue weighted by molar-refractivity contribution is 5.78. The summed E-state index contributed by atoms with van der Waals surface area (Å²) in [6, 6.07) is 0. The summed E-state index contributed by atoms with van der Waals surface area (Å²) in [5.74, 6) is -4.45. The van der Waals surface area contributed by atoms with Crippen LogP contribution in [-0.4, -0.2) is 40.9 Å². The van der Waals surface area contributed by atoms with E-state index in [1.54, 1.807) is 6.92 Å². The van der Waals surface area contributed by atoms with Gasteiger partial charge in [-0.15, -0.1) is 0 Å². The molecule has 1 aliphatic rings. The van der Waals surface area contributed by atoms with Crippen molar-refractivity contribution in [2.24, 2.45) is 11.7 Å². The highest BCUT2D eigenvalue weighted by Gasteiger charge is 2.43. The molecule has 11 heteroatoms. The van der Waals surface area contributed by atoms with Crippen LogP contribution in [0, 0.1) is 18.3 Å². The maximum atomic E-state index is 14.2. The number of aromatic amines is 1. The minimum absolute atomic E-state index is 0.0716. The average Bonchev–Trinajstić information content (AvgIpc) is 2.48. The van der Waals surface area contributed by atoms with Crippen LogP contribution in [0.3, 0.4) is 0 Å². The van der Waals surface area contributed by atoms with Crippen molar-refractivity contribution in [3.8, 4) is 0 Å². The molecule has 1 saturated carbocycles. The first-order valence-electron chi connectivity index (χ1n) is 8.64. The fraction of sp³-hybridized carbons (Fsp3) is 0.625. The molecule has 2 rings (SSSR count). The first-order valence-corrected chi connectivity index (χ1v) is 8.64. The van der Waals surface area contributed by atoms with Crippen LogP contribution < -0.4 is 22.1 Å². The SMILES string of the molecule is Cc1[nH]c(=O)c(CC(F)(F)C2CCC2)nc1CC(=O)NCCONC(=N)N. The molecule has 27 heavy (non-hydrogen) atoms. The first-order chi connectivity index (χ1) is 12.7. The van der Waals surface area contributed by atoms with Crippen LogP contribution in [0.15, 0.2) is 4.79 Å². The molecule has 0 bridgehead atoms. The van der Waals surface area contributed by atoms with E-state index in [4.69, 9.17) is 16.0 Å². The normalized spacial score (nSPS) is 14.5. The monoisotopic (exact) mass is 386 g/mol. The maximum Gasteiger partial charge on any atom is 0.270 e. The Hall–Kier alpha value is -2.56. The Morgan fingerprint density at radius 2 is 2.15 bits per heavy atom. The topological polar surface area (TPSA) is 146 Å². The minimum Gasteiger partial charge on any atom is -0.368 e. The molecule has 1 amide bonds. The van der Waals surface area contributed by atoms with Gasteiger partial charge in [0.15, 0.2) is 0 Å². The maximum absolute atomic E-state index is 14.2. The molecule has 0 aromatic carbocycles. The number of hydrogen-bond donors (Lipinski definition) is 5. The number of nitrogens with two attached hydrogens (primary N) is 1. The summed E-state index contributed by atoms with van der Waals surface area (Å²) < 4.78 is 28.4. The molecule has 6 N–H and O–H groups in total. The lowest BCUT2D eigenvalue weighted by Crippen LogP contribution is -2.38. The van der Waals surface area contributed by atoms with Crippen molar-refractivity contribution < 1.29 is 18.4 Å². The number of carbonyl (C=O) groups is 1. The second-order valence-electron chi connectivity index (χ2n) is 6.54. The summed E-state index contributed by atoms with van der Waals surface area (Å²) in [4.78, 5) is 35.3. The van der Waals surface area contributed by atoms with Crippen molar-refractivity contribution in [3.05, 3.63) is 27.4 Å². The molecule has 1 aromatic heterocycles. The molecule has 1 fully saturated rings. The second kappa shape index (κ2) is 8.89. The van der Waals surface area contributed by atoms with E-state index in [2.05, 4.69) is 20.8 Å². The van der Waals surface area contributed by atoms with E-state index in [-0.39, 0.29) is 36.9 Å². The third-order valence-electron chi connectivity index (χ3n) is 4.41. The number of H-pyrrole nitrogens is 1. The summed E-state index contributed by atoms with van der Waals surface area (Å²) in [6.07, 6.45) is 0.783. The van der Waals surface area contributed by atoms with Gasteiger partial charge in [0.1, 0.15) is 5.69 Å².